The number of para-hydroxylation sites is 1. The molecule has 0 aliphatic rings. The lowest BCUT2D eigenvalue weighted by atomic mass is 10.2. The number of hydrogen-bond donors (Lipinski definition) is 0. The molecule has 0 saturated heterocycles. The first-order valence-corrected chi connectivity index (χ1v) is 7.19. The Labute approximate surface area is 139 Å². The number of nitrogens with zero attached hydrogens (tertiary/aromatic N) is 1. The number of fused-ring (bicyclic) bond motifs is 1. The molecule has 3 rings (SSSR count). The quantitative estimate of drug-likeness (QED) is 0.532. The molecule has 2 nitrogen and oxygen atoms in total. The molecule has 118 valence electrons. The Morgan fingerprint density at radius 1 is 0.913 bits per heavy atom. The van der Waals surface area contributed by atoms with E-state index < -0.39 is 11.7 Å². The first kappa shape index (κ1) is 15.9. The molecule has 2 aromatic carbocycles. The highest BCUT2D eigenvalue weighted by Crippen LogP contribution is 2.38. The molecule has 0 atom stereocenters. The van der Waals surface area contributed by atoms with E-state index in [1.807, 2.05) is 0 Å². The molecule has 0 radical (unpaired) electrons. The van der Waals surface area contributed by atoms with Crippen molar-refractivity contribution in [2.75, 3.05) is 0 Å². The number of benzene rings is 2. The van der Waals surface area contributed by atoms with Gasteiger partial charge in [0.25, 0.3) is 0 Å². The van der Waals surface area contributed by atoms with Gasteiger partial charge in [0, 0.05) is 11.6 Å². The van der Waals surface area contributed by atoms with Crippen LogP contribution in [0.4, 0.5) is 13.2 Å². The lowest BCUT2D eigenvalue weighted by Crippen LogP contribution is -2.04. The molecule has 0 bridgehead atoms. The van der Waals surface area contributed by atoms with Crippen molar-refractivity contribution in [2.45, 2.75) is 6.18 Å². The van der Waals surface area contributed by atoms with Crippen LogP contribution in [0, 0.1) is 0 Å². The van der Waals surface area contributed by atoms with Gasteiger partial charge in [0.05, 0.1) is 21.1 Å². The minimum Gasteiger partial charge on any atom is -0.455 e. The Bertz CT molecular complexity index is 881. The summed E-state index contributed by atoms with van der Waals surface area (Å²) in [5.41, 5.74) is -0.344. The third kappa shape index (κ3) is 3.21. The van der Waals surface area contributed by atoms with Crippen molar-refractivity contribution in [3.05, 3.63) is 64.3 Å². The van der Waals surface area contributed by atoms with Crippen molar-refractivity contribution in [1.29, 1.82) is 0 Å². The van der Waals surface area contributed by atoms with Crippen LogP contribution in [-0.2, 0) is 6.18 Å². The molecule has 0 aliphatic heterocycles. The monoisotopic (exact) mass is 357 g/mol. The topological polar surface area (TPSA) is 22.1 Å². The third-order valence-corrected chi connectivity index (χ3v) is 3.78. The van der Waals surface area contributed by atoms with Gasteiger partial charge in [0.2, 0.25) is 0 Å². The van der Waals surface area contributed by atoms with E-state index in [9.17, 15) is 13.2 Å². The van der Waals surface area contributed by atoms with E-state index >= 15 is 0 Å². The summed E-state index contributed by atoms with van der Waals surface area (Å²) in [6.45, 7) is 0. The van der Waals surface area contributed by atoms with Gasteiger partial charge in [0.15, 0.2) is 0 Å². The normalized spacial score (nSPS) is 11.7. The minimum atomic E-state index is -4.48. The second-order valence-corrected chi connectivity index (χ2v) is 5.50. The van der Waals surface area contributed by atoms with E-state index in [0.29, 0.717) is 21.7 Å². The van der Waals surface area contributed by atoms with Crippen LogP contribution in [0.1, 0.15) is 5.56 Å². The summed E-state index contributed by atoms with van der Waals surface area (Å²) in [5.74, 6) is 0.229. The Kier molecular flexibility index (Phi) is 4.08. The smallest absolute Gasteiger partial charge is 0.416 e. The Hall–Kier alpha value is -1.98. The fourth-order valence-corrected chi connectivity index (χ4v) is 2.46. The SMILES string of the molecule is FC(F)(F)c1ccc(Cl)c(Oc2ccnc3c(Cl)cccc23)c1. The fourth-order valence-electron chi connectivity index (χ4n) is 2.08. The van der Waals surface area contributed by atoms with Crippen molar-refractivity contribution < 1.29 is 17.9 Å². The molecule has 0 aliphatic carbocycles. The van der Waals surface area contributed by atoms with Gasteiger partial charge in [-0.05, 0) is 36.4 Å². The highest BCUT2D eigenvalue weighted by molar-refractivity contribution is 6.35. The van der Waals surface area contributed by atoms with E-state index in [2.05, 4.69) is 4.98 Å². The predicted octanol–water partition coefficient (Wildman–Crippen LogP) is 6.35. The Morgan fingerprint density at radius 3 is 2.43 bits per heavy atom. The van der Waals surface area contributed by atoms with Crippen molar-refractivity contribution in [3.63, 3.8) is 0 Å². The maximum atomic E-state index is 12.8. The molecular formula is C16H8Cl2F3NO. The van der Waals surface area contributed by atoms with Crippen LogP contribution in [0.3, 0.4) is 0 Å². The number of halogens is 5. The fraction of sp³-hybridized carbons (Fsp3) is 0.0625. The molecule has 1 heterocycles. The molecule has 0 saturated carbocycles. The van der Waals surface area contributed by atoms with E-state index in [0.717, 1.165) is 18.2 Å². The van der Waals surface area contributed by atoms with E-state index in [4.69, 9.17) is 27.9 Å². The molecular weight excluding hydrogens is 350 g/mol. The van der Waals surface area contributed by atoms with Crippen LogP contribution in [-0.4, -0.2) is 4.98 Å². The van der Waals surface area contributed by atoms with Gasteiger partial charge >= 0.3 is 6.18 Å². The molecule has 3 aromatic rings. The molecule has 0 unspecified atom stereocenters. The summed E-state index contributed by atoms with van der Waals surface area (Å²) < 4.78 is 44.0. The average molecular weight is 358 g/mol. The summed E-state index contributed by atoms with van der Waals surface area (Å²) in [4.78, 5) is 4.14. The van der Waals surface area contributed by atoms with Gasteiger partial charge in [-0.25, -0.2) is 0 Å². The van der Waals surface area contributed by atoms with Crippen LogP contribution in [0.2, 0.25) is 10.0 Å². The lowest BCUT2D eigenvalue weighted by Gasteiger charge is -2.13. The highest BCUT2D eigenvalue weighted by atomic mass is 35.5. The molecule has 0 spiro atoms. The van der Waals surface area contributed by atoms with Gasteiger partial charge in [-0.1, -0.05) is 29.3 Å². The second kappa shape index (κ2) is 5.91. The van der Waals surface area contributed by atoms with Crippen molar-refractivity contribution >= 4 is 34.1 Å². The minimum absolute atomic E-state index is 0.0741. The van der Waals surface area contributed by atoms with Crippen molar-refractivity contribution in [3.8, 4) is 11.5 Å². The third-order valence-electron chi connectivity index (χ3n) is 3.16. The summed E-state index contributed by atoms with van der Waals surface area (Å²) in [5, 5.41) is 1.07. The van der Waals surface area contributed by atoms with Crippen LogP contribution in [0.25, 0.3) is 10.9 Å². The molecule has 23 heavy (non-hydrogen) atoms. The summed E-state index contributed by atoms with van der Waals surface area (Å²) in [6.07, 6.45) is -3.02. The number of aromatic nitrogens is 1. The van der Waals surface area contributed by atoms with E-state index in [1.54, 1.807) is 18.2 Å². The number of ether oxygens (including phenoxy) is 1. The second-order valence-electron chi connectivity index (χ2n) is 4.69. The van der Waals surface area contributed by atoms with Crippen molar-refractivity contribution in [1.82, 2.24) is 4.98 Å². The largest absolute Gasteiger partial charge is 0.455 e. The number of pyridine rings is 1. The first-order chi connectivity index (χ1) is 10.9. The van der Waals surface area contributed by atoms with Gasteiger partial charge in [-0.2, -0.15) is 13.2 Å². The summed E-state index contributed by atoms with van der Waals surface area (Å²) >= 11 is 12.0. The standard InChI is InChI=1S/C16H8Cl2F3NO/c17-11-5-4-9(16(19,20)21)8-14(11)23-13-6-7-22-15-10(13)2-1-3-12(15)18/h1-8H. The highest BCUT2D eigenvalue weighted by Gasteiger charge is 2.31. The van der Waals surface area contributed by atoms with Crippen LogP contribution < -0.4 is 4.74 Å². The maximum absolute atomic E-state index is 12.8. The summed E-state index contributed by atoms with van der Waals surface area (Å²) in [6, 6.07) is 9.52. The molecule has 7 heteroatoms. The van der Waals surface area contributed by atoms with Crippen molar-refractivity contribution in [2.24, 2.45) is 0 Å². The van der Waals surface area contributed by atoms with Gasteiger partial charge in [0.1, 0.15) is 11.5 Å². The molecule has 0 N–H and O–H groups in total. The molecule has 0 amide bonds. The number of alkyl halides is 3. The molecule has 1 aromatic heterocycles. The summed E-state index contributed by atoms with van der Waals surface area (Å²) in [7, 11) is 0. The van der Waals surface area contributed by atoms with E-state index in [1.165, 1.54) is 12.3 Å². The zero-order valence-corrected chi connectivity index (χ0v) is 12.9. The van der Waals surface area contributed by atoms with Crippen LogP contribution in [0.5, 0.6) is 11.5 Å². The van der Waals surface area contributed by atoms with E-state index in [-0.39, 0.29) is 10.8 Å². The average Bonchev–Trinajstić information content (AvgIpc) is 2.49. The lowest BCUT2D eigenvalue weighted by molar-refractivity contribution is -0.137. The van der Waals surface area contributed by atoms with Crippen LogP contribution >= 0.6 is 23.2 Å². The predicted molar refractivity (Wildman–Crippen MR) is 83.3 cm³/mol. The van der Waals surface area contributed by atoms with Gasteiger partial charge in [-0.3, -0.25) is 4.98 Å². The first-order valence-electron chi connectivity index (χ1n) is 6.44. The Morgan fingerprint density at radius 2 is 1.70 bits per heavy atom. The number of hydrogen-bond acceptors (Lipinski definition) is 2. The Balaban J connectivity index is 2.08. The van der Waals surface area contributed by atoms with Crippen LogP contribution in [0.15, 0.2) is 48.7 Å². The number of rotatable bonds is 2. The maximum Gasteiger partial charge on any atom is 0.416 e. The molecule has 0 fully saturated rings. The van der Waals surface area contributed by atoms with Gasteiger partial charge in [-0.15, -0.1) is 0 Å². The zero-order valence-electron chi connectivity index (χ0n) is 11.4. The van der Waals surface area contributed by atoms with Gasteiger partial charge < -0.3 is 4.74 Å². The zero-order chi connectivity index (χ0) is 16.6.